The minimum Gasteiger partial charge on any atom is -0.352 e. The molecule has 2 atom stereocenters. The number of aromatic nitrogens is 2. The van der Waals surface area contributed by atoms with Crippen molar-refractivity contribution in [1.82, 2.24) is 15.1 Å². The van der Waals surface area contributed by atoms with Crippen molar-refractivity contribution in [3.63, 3.8) is 0 Å². The Morgan fingerprint density at radius 1 is 1.59 bits per heavy atom. The smallest absolute Gasteiger partial charge is 0.223 e. The van der Waals surface area contributed by atoms with Crippen LogP contribution >= 0.6 is 0 Å². The zero-order valence-corrected chi connectivity index (χ0v) is 10.2. The van der Waals surface area contributed by atoms with Gasteiger partial charge in [0.2, 0.25) is 5.91 Å². The van der Waals surface area contributed by atoms with Crippen molar-refractivity contribution in [1.29, 1.82) is 0 Å². The van der Waals surface area contributed by atoms with E-state index in [1.807, 2.05) is 23.9 Å². The van der Waals surface area contributed by atoms with Gasteiger partial charge in [-0.15, -0.1) is 0 Å². The summed E-state index contributed by atoms with van der Waals surface area (Å²) in [5.41, 5.74) is 0. The zero-order chi connectivity index (χ0) is 12.1. The lowest BCUT2D eigenvalue weighted by Crippen LogP contribution is -2.39. The molecule has 0 saturated carbocycles. The van der Waals surface area contributed by atoms with Crippen molar-refractivity contribution in [3.05, 3.63) is 30.6 Å². The molecular formula is C13H19N3O. The number of carbonyl (C=O) groups excluding carboxylic acids is 1. The molecule has 2 rings (SSSR count). The van der Waals surface area contributed by atoms with Crippen molar-refractivity contribution in [2.45, 2.75) is 38.8 Å². The van der Waals surface area contributed by atoms with Crippen molar-refractivity contribution in [2.75, 3.05) is 0 Å². The molecule has 0 unspecified atom stereocenters. The quantitative estimate of drug-likeness (QED) is 0.805. The molecule has 1 amide bonds. The number of hydrogen-bond donors (Lipinski definition) is 1. The van der Waals surface area contributed by atoms with E-state index in [4.69, 9.17) is 0 Å². The van der Waals surface area contributed by atoms with E-state index in [1.54, 1.807) is 6.20 Å². The second kappa shape index (κ2) is 5.66. The van der Waals surface area contributed by atoms with Crippen molar-refractivity contribution in [2.24, 2.45) is 5.92 Å². The largest absolute Gasteiger partial charge is 0.352 e. The van der Waals surface area contributed by atoms with Crippen LogP contribution in [-0.2, 0) is 11.3 Å². The monoisotopic (exact) mass is 233 g/mol. The molecule has 1 aromatic rings. The molecule has 4 nitrogen and oxygen atoms in total. The van der Waals surface area contributed by atoms with E-state index in [9.17, 15) is 4.79 Å². The predicted molar refractivity (Wildman–Crippen MR) is 66.3 cm³/mol. The average molecular weight is 233 g/mol. The highest BCUT2D eigenvalue weighted by Crippen LogP contribution is 2.18. The van der Waals surface area contributed by atoms with Gasteiger partial charge in [-0.1, -0.05) is 12.2 Å². The Morgan fingerprint density at radius 2 is 2.47 bits per heavy atom. The Hall–Kier alpha value is -1.58. The summed E-state index contributed by atoms with van der Waals surface area (Å²) < 4.78 is 1.84. The van der Waals surface area contributed by atoms with Crippen LogP contribution in [0.1, 0.15) is 26.2 Å². The fourth-order valence-electron chi connectivity index (χ4n) is 2.13. The number of allylic oxidation sites excluding steroid dienone is 2. The van der Waals surface area contributed by atoms with Gasteiger partial charge in [-0.3, -0.25) is 9.48 Å². The zero-order valence-electron chi connectivity index (χ0n) is 10.2. The number of hydrogen-bond acceptors (Lipinski definition) is 2. The average Bonchev–Trinajstić information content (AvgIpc) is 2.82. The Kier molecular flexibility index (Phi) is 3.96. The van der Waals surface area contributed by atoms with Gasteiger partial charge in [0.1, 0.15) is 0 Å². The van der Waals surface area contributed by atoms with Crippen molar-refractivity contribution < 1.29 is 4.79 Å². The maximum atomic E-state index is 12.0. The molecule has 0 fully saturated rings. The van der Waals surface area contributed by atoms with E-state index in [0.29, 0.717) is 0 Å². The van der Waals surface area contributed by atoms with Gasteiger partial charge in [0.25, 0.3) is 0 Å². The molecular weight excluding hydrogens is 214 g/mol. The van der Waals surface area contributed by atoms with E-state index in [1.165, 1.54) is 0 Å². The number of nitrogens with one attached hydrogen (secondary N) is 1. The summed E-state index contributed by atoms with van der Waals surface area (Å²) in [5.74, 6) is 0.328. The summed E-state index contributed by atoms with van der Waals surface area (Å²) in [7, 11) is 0. The number of amides is 1. The van der Waals surface area contributed by atoms with Gasteiger partial charge in [-0.05, 0) is 32.3 Å². The summed E-state index contributed by atoms with van der Waals surface area (Å²) in [6.45, 7) is 2.74. The number of rotatable bonds is 4. The molecule has 0 radical (unpaired) electrons. The Morgan fingerprint density at radius 3 is 3.12 bits per heavy atom. The summed E-state index contributed by atoms with van der Waals surface area (Å²) in [5, 5.41) is 7.18. The molecule has 4 heteroatoms. The summed E-state index contributed by atoms with van der Waals surface area (Å²) in [6, 6.07) is 2.01. The van der Waals surface area contributed by atoms with Crippen LogP contribution in [0, 0.1) is 5.92 Å². The number of carbonyl (C=O) groups is 1. The van der Waals surface area contributed by atoms with Gasteiger partial charge in [-0.25, -0.2) is 0 Å². The second-order valence-electron chi connectivity index (χ2n) is 4.62. The van der Waals surface area contributed by atoms with Gasteiger partial charge in [0, 0.05) is 24.4 Å². The molecule has 1 aromatic heterocycles. The highest BCUT2D eigenvalue weighted by atomic mass is 16.1. The topological polar surface area (TPSA) is 46.9 Å². The van der Waals surface area contributed by atoms with Gasteiger partial charge in [0.15, 0.2) is 0 Å². The minimum absolute atomic E-state index is 0.119. The van der Waals surface area contributed by atoms with Gasteiger partial charge in [0.05, 0.1) is 6.54 Å². The SMILES string of the molecule is C[C@@H](Cn1cccn1)NC(=O)[C@H]1CC=CCC1. The predicted octanol–water partition coefficient (Wildman–Crippen LogP) is 1.74. The second-order valence-corrected chi connectivity index (χ2v) is 4.62. The molecule has 1 aliphatic carbocycles. The third-order valence-corrected chi connectivity index (χ3v) is 3.05. The first kappa shape index (κ1) is 11.9. The first-order chi connectivity index (χ1) is 8.25. The molecule has 1 heterocycles. The molecule has 1 aliphatic rings. The van der Waals surface area contributed by atoms with Crippen LogP contribution in [-0.4, -0.2) is 21.7 Å². The van der Waals surface area contributed by atoms with Gasteiger partial charge >= 0.3 is 0 Å². The Balaban J connectivity index is 1.79. The van der Waals surface area contributed by atoms with Crippen LogP contribution in [0.15, 0.2) is 30.6 Å². The van der Waals surface area contributed by atoms with Crippen LogP contribution in [0.4, 0.5) is 0 Å². The van der Waals surface area contributed by atoms with E-state index in [-0.39, 0.29) is 17.9 Å². The summed E-state index contributed by atoms with van der Waals surface area (Å²) in [6.07, 6.45) is 10.8. The standard InChI is InChI=1S/C13H19N3O/c1-11(10-16-9-5-8-14-16)15-13(17)12-6-3-2-4-7-12/h2-3,5,8-9,11-12H,4,6-7,10H2,1H3,(H,15,17)/t11-,12-/m0/s1. The fourth-order valence-corrected chi connectivity index (χ4v) is 2.13. The van der Waals surface area contributed by atoms with E-state index >= 15 is 0 Å². The van der Waals surface area contributed by atoms with E-state index < -0.39 is 0 Å². The molecule has 0 bridgehead atoms. The molecule has 0 aromatic carbocycles. The first-order valence-corrected chi connectivity index (χ1v) is 6.18. The molecule has 0 saturated heterocycles. The molecule has 1 N–H and O–H groups in total. The Labute approximate surface area is 102 Å². The van der Waals surface area contributed by atoms with E-state index in [2.05, 4.69) is 22.6 Å². The van der Waals surface area contributed by atoms with Gasteiger partial charge < -0.3 is 5.32 Å². The third-order valence-electron chi connectivity index (χ3n) is 3.05. The minimum atomic E-state index is 0.119. The van der Waals surface area contributed by atoms with Crippen LogP contribution < -0.4 is 5.32 Å². The van der Waals surface area contributed by atoms with Crippen LogP contribution in [0.5, 0.6) is 0 Å². The lowest BCUT2D eigenvalue weighted by molar-refractivity contribution is -0.125. The van der Waals surface area contributed by atoms with Crippen molar-refractivity contribution >= 4 is 5.91 Å². The highest BCUT2D eigenvalue weighted by molar-refractivity contribution is 5.79. The van der Waals surface area contributed by atoms with E-state index in [0.717, 1.165) is 25.8 Å². The maximum Gasteiger partial charge on any atom is 0.223 e. The number of nitrogens with zero attached hydrogens (tertiary/aromatic N) is 2. The summed E-state index contributed by atoms with van der Waals surface area (Å²) >= 11 is 0. The van der Waals surface area contributed by atoms with Crippen LogP contribution in [0.2, 0.25) is 0 Å². The third kappa shape index (κ3) is 3.44. The van der Waals surface area contributed by atoms with Gasteiger partial charge in [-0.2, -0.15) is 5.10 Å². The lowest BCUT2D eigenvalue weighted by Gasteiger charge is -2.20. The normalized spacial score (nSPS) is 21.1. The Bertz CT molecular complexity index is 383. The lowest BCUT2D eigenvalue weighted by atomic mass is 9.93. The maximum absolute atomic E-state index is 12.0. The molecule has 92 valence electrons. The molecule has 17 heavy (non-hydrogen) atoms. The first-order valence-electron chi connectivity index (χ1n) is 6.18. The summed E-state index contributed by atoms with van der Waals surface area (Å²) in [4.78, 5) is 12.0. The van der Waals surface area contributed by atoms with Crippen LogP contribution in [0.3, 0.4) is 0 Å². The van der Waals surface area contributed by atoms with Crippen LogP contribution in [0.25, 0.3) is 0 Å². The highest BCUT2D eigenvalue weighted by Gasteiger charge is 2.19. The van der Waals surface area contributed by atoms with Crippen molar-refractivity contribution in [3.8, 4) is 0 Å². The molecule has 0 spiro atoms. The molecule has 0 aliphatic heterocycles. The fraction of sp³-hybridized carbons (Fsp3) is 0.538.